The molecule has 0 aromatic rings. The van der Waals surface area contributed by atoms with Gasteiger partial charge < -0.3 is 0 Å². The average molecular weight is 516 g/mol. The molecule has 0 bridgehead atoms. The van der Waals surface area contributed by atoms with E-state index in [1.165, 1.54) is 0 Å². The molecular weight excluding hydrogens is 483 g/mol. The van der Waals surface area contributed by atoms with Crippen molar-refractivity contribution in [3.63, 3.8) is 0 Å². The third-order valence-electron chi connectivity index (χ3n) is 6.99. The summed E-state index contributed by atoms with van der Waals surface area (Å²) in [5.74, 6) is 0.579. The summed E-state index contributed by atoms with van der Waals surface area (Å²) in [7, 11) is -0.427. The Labute approximate surface area is 164 Å². The Hall–Kier alpha value is -0.343. The fourth-order valence-electron chi connectivity index (χ4n) is 5.79. The van der Waals surface area contributed by atoms with E-state index in [1.807, 2.05) is 0 Å². The molecule has 3 aliphatic rings. The van der Waals surface area contributed by atoms with E-state index >= 15 is 0 Å². The molecule has 133 valence electrons. The van der Waals surface area contributed by atoms with Crippen LogP contribution in [0.25, 0.3) is 0 Å². The number of rotatable bonds is 2. The first kappa shape index (κ1) is 19.4. The Morgan fingerprint density at radius 2 is 1.80 bits per heavy atom. The van der Waals surface area contributed by atoms with Crippen molar-refractivity contribution in [1.82, 2.24) is 0 Å². The van der Waals surface area contributed by atoms with E-state index in [-0.39, 0.29) is 5.41 Å². The summed E-state index contributed by atoms with van der Waals surface area (Å²) in [5.41, 5.74) is 6.99. The van der Waals surface area contributed by atoms with Crippen molar-refractivity contribution in [2.45, 2.75) is 59.7 Å². The van der Waals surface area contributed by atoms with E-state index in [1.54, 1.807) is 27.5 Å². The zero-order valence-corrected chi connectivity index (χ0v) is 21.8. The molecule has 2 unspecified atom stereocenters. The SMILES string of the molecule is CC1=C2C(=CC=CC(=[Si](C)C)C2C)[C](C2=CC=CC2)([Hf]([CH3])[CH3])C1(C)C. The van der Waals surface area contributed by atoms with E-state index in [0.29, 0.717) is 9.09 Å². The van der Waals surface area contributed by atoms with Crippen molar-refractivity contribution in [2.24, 2.45) is 11.3 Å². The van der Waals surface area contributed by atoms with Crippen LogP contribution in [0.2, 0.25) is 25.6 Å². The Morgan fingerprint density at radius 3 is 2.32 bits per heavy atom. The van der Waals surface area contributed by atoms with Crippen LogP contribution in [0.5, 0.6) is 0 Å². The van der Waals surface area contributed by atoms with E-state index in [4.69, 9.17) is 0 Å². The van der Waals surface area contributed by atoms with Crippen molar-refractivity contribution >= 4 is 13.6 Å². The molecule has 0 aromatic carbocycles. The average Bonchev–Trinajstić information content (AvgIpc) is 3.04. The van der Waals surface area contributed by atoms with Gasteiger partial charge in [-0.05, 0) is 0 Å². The zero-order valence-electron chi connectivity index (χ0n) is 17.2. The molecular formula is C23H33HfSi. The van der Waals surface area contributed by atoms with Gasteiger partial charge in [0, 0.05) is 0 Å². The third-order valence-corrected chi connectivity index (χ3v) is 18.5. The summed E-state index contributed by atoms with van der Waals surface area (Å²) in [5, 5.41) is 1.69. The minimum atomic E-state index is -1.86. The van der Waals surface area contributed by atoms with Crippen LogP contribution < -0.4 is 0 Å². The third kappa shape index (κ3) is 2.57. The first-order valence-electron chi connectivity index (χ1n) is 9.62. The van der Waals surface area contributed by atoms with Gasteiger partial charge in [-0.3, -0.25) is 0 Å². The van der Waals surface area contributed by atoms with Gasteiger partial charge in [0.05, 0.1) is 0 Å². The number of allylic oxidation sites excluding steroid dienone is 10. The van der Waals surface area contributed by atoms with E-state index in [9.17, 15) is 0 Å². The van der Waals surface area contributed by atoms with Crippen LogP contribution in [0, 0.1) is 11.3 Å². The van der Waals surface area contributed by atoms with Crippen molar-refractivity contribution in [3.05, 3.63) is 58.7 Å². The monoisotopic (exact) mass is 517 g/mol. The molecule has 0 nitrogen and oxygen atoms in total. The Balaban J connectivity index is 2.32. The fraction of sp³-hybridized carbons (Fsp3) is 0.522. The molecule has 0 amide bonds. The zero-order chi connectivity index (χ0) is 18.6. The van der Waals surface area contributed by atoms with Crippen LogP contribution in [-0.4, -0.2) is 13.6 Å². The van der Waals surface area contributed by atoms with E-state index in [2.05, 4.69) is 86.6 Å². The molecule has 0 aliphatic heterocycles. The molecule has 3 rings (SSSR count). The molecule has 0 heterocycles. The van der Waals surface area contributed by atoms with Crippen molar-refractivity contribution in [3.8, 4) is 0 Å². The van der Waals surface area contributed by atoms with Gasteiger partial charge in [-0.2, -0.15) is 0 Å². The normalized spacial score (nSPS) is 30.2. The van der Waals surface area contributed by atoms with Crippen LogP contribution in [0.15, 0.2) is 58.7 Å². The van der Waals surface area contributed by atoms with Gasteiger partial charge in [0.25, 0.3) is 0 Å². The predicted molar refractivity (Wildman–Crippen MR) is 112 cm³/mol. The summed E-state index contributed by atoms with van der Waals surface area (Å²) in [6, 6.07) is 0. The van der Waals surface area contributed by atoms with Gasteiger partial charge in [0.1, 0.15) is 0 Å². The molecule has 0 saturated heterocycles. The van der Waals surface area contributed by atoms with Crippen molar-refractivity contribution in [1.29, 1.82) is 0 Å². The summed E-state index contributed by atoms with van der Waals surface area (Å²) >= 11 is -1.86. The maximum absolute atomic E-state index is 2.64. The first-order chi connectivity index (χ1) is 11.7. The predicted octanol–water partition coefficient (Wildman–Crippen LogP) is 6.74. The molecule has 0 radical (unpaired) electrons. The van der Waals surface area contributed by atoms with E-state index < -0.39 is 29.8 Å². The Morgan fingerprint density at radius 1 is 1.12 bits per heavy atom. The van der Waals surface area contributed by atoms with Crippen molar-refractivity contribution in [2.75, 3.05) is 0 Å². The maximum atomic E-state index is 2.64. The standard InChI is InChI=1S/C21H27Si.2CH3.Hf/c1-14-18(22(5)6)13-9-12-17-19(14)15(2)21(3,4)20(17)16-10-7-8-11-16;;;/h7-10,12-14H,11H2,1-6H3;2*1H3;. The number of hydrogen-bond acceptors (Lipinski definition) is 0. The number of hydrogen-bond donors (Lipinski definition) is 0. The van der Waals surface area contributed by atoms with Gasteiger partial charge in [-0.25, -0.2) is 0 Å². The minimum absolute atomic E-state index is 0.247. The van der Waals surface area contributed by atoms with Gasteiger partial charge in [0.15, 0.2) is 0 Å². The van der Waals surface area contributed by atoms with E-state index in [0.717, 1.165) is 6.42 Å². The molecule has 0 saturated carbocycles. The summed E-state index contributed by atoms with van der Waals surface area (Å²) in [6.45, 7) is 14.9. The second-order valence-corrected chi connectivity index (χ2v) is 21.3. The van der Waals surface area contributed by atoms with Crippen molar-refractivity contribution < 1.29 is 21.4 Å². The van der Waals surface area contributed by atoms with Crippen LogP contribution in [0.3, 0.4) is 0 Å². The molecule has 0 fully saturated rings. The Kier molecular flexibility index (Phi) is 5.18. The molecule has 0 N–H and O–H groups in total. The van der Waals surface area contributed by atoms with Crippen LogP contribution in [0.4, 0.5) is 0 Å². The summed E-state index contributed by atoms with van der Waals surface area (Å²) in [6.07, 6.45) is 15.6. The fourth-order valence-corrected chi connectivity index (χ4v) is 18.1. The number of fused-ring (bicyclic) bond motifs is 1. The summed E-state index contributed by atoms with van der Waals surface area (Å²) in [4.78, 5) is 0. The van der Waals surface area contributed by atoms with Crippen LogP contribution >= 0.6 is 0 Å². The molecule has 25 heavy (non-hydrogen) atoms. The topological polar surface area (TPSA) is 0 Å². The molecule has 2 atom stereocenters. The second kappa shape index (κ2) is 6.67. The Bertz CT molecular complexity index is 779. The molecule has 0 aromatic heterocycles. The second-order valence-electron chi connectivity index (χ2n) is 8.85. The van der Waals surface area contributed by atoms with Gasteiger partial charge in [-0.1, -0.05) is 0 Å². The van der Waals surface area contributed by atoms with Gasteiger partial charge in [-0.15, -0.1) is 0 Å². The summed E-state index contributed by atoms with van der Waals surface area (Å²) < 4.78 is 5.60. The molecule has 0 spiro atoms. The van der Waals surface area contributed by atoms with Crippen LogP contribution in [-0.2, 0) is 21.4 Å². The van der Waals surface area contributed by atoms with Gasteiger partial charge >= 0.3 is 165 Å². The quantitative estimate of drug-likeness (QED) is 0.357. The van der Waals surface area contributed by atoms with Gasteiger partial charge in [0.2, 0.25) is 0 Å². The molecule has 3 aliphatic carbocycles. The van der Waals surface area contributed by atoms with Crippen LogP contribution in [0.1, 0.15) is 34.1 Å². The molecule has 2 heteroatoms. The first-order valence-corrected chi connectivity index (χ1v) is 21.1.